The number of hydrogen-bond donors (Lipinski definition) is 0. The van der Waals surface area contributed by atoms with Crippen LogP contribution < -0.4 is 28.5 Å². The minimum atomic E-state index is 0. The van der Waals surface area contributed by atoms with E-state index >= 15 is 0 Å². The van der Waals surface area contributed by atoms with Crippen molar-refractivity contribution in [1.29, 1.82) is 0 Å². The van der Waals surface area contributed by atoms with Crippen molar-refractivity contribution >= 4 is 17.8 Å². The predicted molar refractivity (Wildman–Crippen MR) is 71.8 cm³/mol. The van der Waals surface area contributed by atoms with E-state index in [1.807, 2.05) is 60.4 Å². The number of benzene rings is 1. The van der Waals surface area contributed by atoms with Gasteiger partial charge in [0, 0.05) is 22.7 Å². The van der Waals surface area contributed by atoms with E-state index < -0.39 is 0 Å². The minimum absolute atomic E-state index is 0. The average molecular weight is 364 g/mol. The molecule has 1 heterocycles. The van der Waals surface area contributed by atoms with Crippen molar-refractivity contribution in [3.63, 3.8) is 0 Å². The second-order valence-electron chi connectivity index (χ2n) is 3.91. The fourth-order valence-corrected chi connectivity index (χ4v) is 1.52. The largest absolute Gasteiger partial charge is 1.00 e. The molecule has 0 saturated heterocycles. The van der Waals surface area contributed by atoms with Gasteiger partial charge in [0.2, 0.25) is 0 Å². The summed E-state index contributed by atoms with van der Waals surface area (Å²) in [5.41, 5.74) is 11.1. The molecule has 2 aromatic rings. The highest BCUT2D eigenvalue weighted by molar-refractivity contribution is 5.69. The second-order valence-corrected chi connectivity index (χ2v) is 3.91. The van der Waals surface area contributed by atoms with Crippen LogP contribution in [0, 0.1) is 0 Å². The molecule has 0 saturated carbocycles. The third-order valence-electron chi connectivity index (χ3n) is 2.53. The van der Waals surface area contributed by atoms with Crippen LogP contribution in [-0.2, 0) is 7.05 Å². The number of aryl methyl sites for hydroxylation is 1. The van der Waals surface area contributed by atoms with Gasteiger partial charge in [0.1, 0.15) is 7.05 Å². The lowest BCUT2D eigenvalue weighted by atomic mass is 10.1. The Morgan fingerprint density at radius 2 is 1.53 bits per heavy atom. The molecule has 0 aliphatic rings. The first kappa shape index (κ1) is 15.2. The molecular weight excluding hydrogens is 351 g/mol. The van der Waals surface area contributed by atoms with Gasteiger partial charge in [-0.05, 0) is 16.7 Å². The summed E-state index contributed by atoms with van der Waals surface area (Å²) in [6.07, 6.45) is 8.08. The number of nitrogens with zero attached hydrogens (tertiary/aromatic N) is 4. The van der Waals surface area contributed by atoms with Gasteiger partial charge in [-0.3, -0.25) is 0 Å². The van der Waals surface area contributed by atoms with Crippen LogP contribution in [0.4, 0.5) is 5.69 Å². The van der Waals surface area contributed by atoms with Crippen molar-refractivity contribution in [2.75, 3.05) is 0 Å². The molecule has 5 heteroatoms. The highest BCUT2D eigenvalue weighted by Crippen LogP contribution is 2.14. The number of rotatable bonds is 3. The standard InChI is InChI=1S/C14H13N4.HI/c1-18-10-8-13(9-11-18)3-2-12-4-6-14(7-5-12)16-17-15;/h2-11H,1H3;1H/q+1;/p-1. The van der Waals surface area contributed by atoms with Crippen LogP contribution >= 0.6 is 0 Å². The van der Waals surface area contributed by atoms with Gasteiger partial charge in [-0.2, -0.15) is 0 Å². The topological polar surface area (TPSA) is 52.6 Å². The van der Waals surface area contributed by atoms with Crippen LogP contribution in [0.3, 0.4) is 0 Å². The maximum absolute atomic E-state index is 8.31. The molecule has 2 rings (SSSR count). The summed E-state index contributed by atoms with van der Waals surface area (Å²) in [6.45, 7) is 0. The molecule has 0 radical (unpaired) electrons. The fraction of sp³-hybridized carbons (Fsp3) is 0.0714. The molecule has 0 spiro atoms. The van der Waals surface area contributed by atoms with Crippen LogP contribution in [0.1, 0.15) is 11.1 Å². The molecule has 1 aromatic heterocycles. The number of halogens is 1. The zero-order chi connectivity index (χ0) is 12.8. The molecule has 0 amide bonds. The van der Waals surface area contributed by atoms with Crippen molar-refractivity contribution in [2.24, 2.45) is 12.2 Å². The summed E-state index contributed by atoms with van der Waals surface area (Å²) in [5.74, 6) is 0. The summed E-state index contributed by atoms with van der Waals surface area (Å²) in [5, 5.41) is 3.53. The Hall–Kier alpha value is -1.85. The SMILES string of the molecule is C[n+]1ccc(C=Cc2ccc(N=[N+]=[N-])cc2)cc1.[I-]. The van der Waals surface area contributed by atoms with Crippen molar-refractivity contribution in [3.05, 3.63) is 70.4 Å². The third-order valence-corrected chi connectivity index (χ3v) is 2.53. The summed E-state index contributed by atoms with van der Waals surface area (Å²) < 4.78 is 1.99. The van der Waals surface area contributed by atoms with Crippen molar-refractivity contribution in [1.82, 2.24) is 0 Å². The molecule has 0 unspecified atom stereocenters. The fourth-order valence-electron chi connectivity index (χ4n) is 1.52. The van der Waals surface area contributed by atoms with E-state index in [0.717, 1.165) is 11.1 Å². The summed E-state index contributed by atoms with van der Waals surface area (Å²) in [6, 6.07) is 11.5. The first-order chi connectivity index (χ1) is 8.78. The summed E-state index contributed by atoms with van der Waals surface area (Å²) >= 11 is 0. The number of azide groups is 1. The zero-order valence-corrected chi connectivity index (χ0v) is 12.6. The van der Waals surface area contributed by atoms with Crippen LogP contribution in [0.15, 0.2) is 53.9 Å². The van der Waals surface area contributed by atoms with Crippen LogP contribution in [0.2, 0.25) is 0 Å². The van der Waals surface area contributed by atoms with Crippen LogP contribution in [0.25, 0.3) is 22.6 Å². The molecular formula is C14H13IN4. The molecule has 0 aliphatic heterocycles. The average Bonchev–Trinajstić information content (AvgIpc) is 2.40. The molecule has 4 nitrogen and oxygen atoms in total. The number of hydrogen-bond acceptors (Lipinski definition) is 1. The van der Waals surface area contributed by atoms with E-state index in [9.17, 15) is 0 Å². The lowest BCUT2D eigenvalue weighted by Gasteiger charge is -1.95. The minimum Gasteiger partial charge on any atom is -1.00 e. The van der Waals surface area contributed by atoms with E-state index in [4.69, 9.17) is 5.53 Å². The molecule has 0 atom stereocenters. The Bertz CT molecular complexity index is 596. The van der Waals surface area contributed by atoms with Gasteiger partial charge in [0.15, 0.2) is 12.4 Å². The van der Waals surface area contributed by atoms with Crippen LogP contribution in [0.5, 0.6) is 0 Å². The Labute approximate surface area is 129 Å². The van der Waals surface area contributed by atoms with Gasteiger partial charge in [-0.25, -0.2) is 4.57 Å². The molecule has 0 bridgehead atoms. The van der Waals surface area contributed by atoms with E-state index in [-0.39, 0.29) is 24.0 Å². The highest BCUT2D eigenvalue weighted by atomic mass is 127. The van der Waals surface area contributed by atoms with Gasteiger partial charge in [0.25, 0.3) is 0 Å². The van der Waals surface area contributed by atoms with Gasteiger partial charge in [-0.15, -0.1) is 0 Å². The Morgan fingerprint density at radius 3 is 2.05 bits per heavy atom. The maximum Gasteiger partial charge on any atom is 0.169 e. The van der Waals surface area contributed by atoms with Gasteiger partial charge < -0.3 is 24.0 Å². The lowest BCUT2D eigenvalue weighted by molar-refractivity contribution is -0.671. The maximum atomic E-state index is 8.31. The van der Waals surface area contributed by atoms with Crippen LogP contribution in [-0.4, -0.2) is 0 Å². The Morgan fingerprint density at radius 1 is 1.00 bits per heavy atom. The highest BCUT2D eigenvalue weighted by Gasteiger charge is 1.92. The van der Waals surface area contributed by atoms with Gasteiger partial charge >= 0.3 is 0 Å². The summed E-state index contributed by atoms with van der Waals surface area (Å²) in [4.78, 5) is 2.74. The second kappa shape index (κ2) is 7.56. The normalized spacial score (nSPS) is 9.74. The van der Waals surface area contributed by atoms with E-state index in [1.165, 1.54) is 0 Å². The first-order valence-corrected chi connectivity index (χ1v) is 5.56. The van der Waals surface area contributed by atoms with E-state index in [2.05, 4.69) is 10.0 Å². The van der Waals surface area contributed by atoms with Gasteiger partial charge in [0.05, 0.1) is 0 Å². The third kappa shape index (κ3) is 4.73. The molecule has 96 valence electrons. The van der Waals surface area contributed by atoms with Crippen molar-refractivity contribution in [2.45, 2.75) is 0 Å². The molecule has 19 heavy (non-hydrogen) atoms. The molecule has 1 aromatic carbocycles. The zero-order valence-electron chi connectivity index (χ0n) is 10.4. The Kier molecular flexibility index (Phi) is 6.05. The Balaban J connectivity index is 0.00000180. The lowest BCUT2D eigenvalue weighted by Crippen LogP contribution is -3.00. The first-order valence-electron chi connectivity index (χ1n) is 5.56. The smallest absolute Gasteiger partial charge is 0.169 e. The van der Waals surface area contributed by atoms with Gasteiger partial charge in [-0.1, -0.05) is 41.5 Å². The molecule has 0 N–H and O–H groups in total. The molecule has 0 fully saturated rings. The summed E-state index contributed by atoms with van der Waals surface area (Å²) in [7, 11) is 1.99. The quantitative estimate of drug-likeness (QED) is 0.252. The predicted octanol–water partition coefficient (Wildman–Crippen LogP) is 0.627. The molecule has 0 aliphatic carbocycles. The number of pyridine rings is 1. The number of aromatic nitrogens is 1. The monoisotopic (exact) mass is 364 g/mol. The van der Waals surface area contributed by atoms with E-state index in [0.29, 0.717) is 5.69 Å². The van der Waals surface area contributed by atoms with Crippen molar-refractivity contribution in [3.8, 4) is 0 Å². The van der Waals surface area contributed by atoms with Crippen molar-refractivity contribution < 1.29 is 28.5 Å². The van der Waals surface area contributed by atoms with E-state index in [1.54, 1.807) is 12.1 Å².